The summed E-state index contributed by atoms with van der Waals surface area (Å²) >= 11 is 0. The van der Waals surface area contributed by atoms with Crippen LogP contribution in [0, 0.1) is 5.92 Å². The molecule has 0 amide bonds. The van der Waals surface area contributed by atoms with Gasteiger partial charge in [-0.1, -0.05) is 19.3 Å². The topological polar surface area (TPSA) is 97.7 Å². The molecule has 14 heavy (non-hydrogen) atoms. The molecule has 1 aliphatic rings. The first-order valence-electron chi connectivity index (χ1n) is 4.16. The van der Waals surface area contributed by atoms with Gasteiger partial charge in [0.05, 0.1) is 5.92 Å². The first-order valence-corrected chi connectivity index (χ1v) is 4.16. The van der Waals surface area contributed by atoms with Gasteiger partial charge in [-0.25, -0.2) is 0 Å². The molecular formula is C8H13KO5. The number of carbonyl (C=O) groups is 2. The molecular weight excluding hydrogens is 215 g/mol. The van der Waals surface area contributed by atoms with Crippen LogP contribution >= 0.6 is 0 Å². The van der Waals surface area contributed by atoms with Gasteiger partial charge in [0.2, 0.25) is 6.16 Å². The van der Waals surface area contributed by atoms with Crippen LogP contribution in [0.3, 0.4) is 0 Å². The van der Waals surface area contributed by atoms with Crippen molar-refractivity contribution in [3.63, 3.8) is 0 Å². The van der Waals surface area contributed by atoms with Gasteiger partial charge < -0.3 is 20.1 Å². The number of rotatable bonds is 1. The van der Waals surface area contributed by atoms with Crippen LogP contribution in [0.5, 0.6) is 0 Å². The Kier molecular flexibility index (Phi) is 11.9. The van der Waals surface area contributed by atoms with Crippen molar-refractivity contribution in [3.05, 3.63) is 0 Å². The predicted octanol–water partition coefficient (Wildman–Crippen LogP) is -2.46. The zero-order chi connectivity index (χ0) is 10.3. The molecule has 1 rings (SSSR count). The van der Waals surface area contributed by atoms with Gasteiger partial charge in [-0.05, 0) is 12.8 Å². The minimum absolute atomic E-state index is 0. The molecule has 5 nitrogen and oxygen atoms in total. The van der Waals surface area contributed by atoms with Crippen molar-refractivity contribution in [2.24, 2.45) is 5.92 Å². The molecule has 1 saturated carbocycles. The molecule has 0 saturated heterocycles. The van der Waals surface area contributed by atoms with Crippen molar-refractivity contribution < 1.29 is 76.3 Å². The van der Waals surface area contributed by atoms with Gasteiger partial charge in [0.1, 0.15) is 0 Å². The summed E-state index contributed by atoms with van der Waals surface area (Å²) in [5.74, 6) is -0.631. The third-order valence-corrected chi connectivity index (χ3v) is 1.95. The first kappa shape index (κ1) is 16.8. The first-order chi connectivity index (χ1) is 6.04. The van der Waals surface area contributed by atoms with Crippen LogP contribution in [0.1, 0.15) is 32.1 Å². The average molecular weight is 228 g/mol. The Hall–Kier alpha value is 0.376. The number of aliphatic carboxylic acids is 1. The largest absolute Gasteiger partial charge is 1.00 e. The minimum Gasteiger partial charge on any atom is -0.565 e. The molecule has 1 fully saturated rings. The van der Waals surface area contributed by atoms with Crippen LogP contribution in [0.2, 0.25) is 0 Å². The number of carboxylic acids is 1. The molecule has 0 aromatic carbocycles. The van der Waals surface area contributed by atoms with E-state index >= 15 is 0 Å². The normalized spacial score (nSPS) is 15.7. The van der Waals surface area contributed by atoms with Crippen molar-refractivity contribution in [2.45, 2.75) is 32.1 Å². The van der Waals surface area contributed by atoms with Gasteiger partial charge in [-0.15, -0.1) is 0 Å². The zero-order valence-electron chi connectivity index (χ0n) is 8.23. The Bertz CT molecular complexity index is 173. The van der Waals surface area contributed by atoms with Crippen molar-refractivity contribution in [3.8, 4) is 0 Å². The molecule has 0 heterocycles. The quantitative estimate of drug-likeness (QED) is 0.485. The van der Waals surface area contributed by atoms with Gasteiger partial charge in [0, 0.05) is 0 Å². The molecule has 0 atom stereocenters. The van der Waals surface area contributed by atoms with E-state index < -0.39 is 12.1 Å². The maximum atomic E-state index is 10.4. The van der Waals surface area contributed by atoms with Gasteiger partial charge in [0.15, 0.2) is 0 Å². The van der Waals surface area contributed by atoms with Crippen molar-refractivity contribution in [1.29, 1.82) is 0 Å². The molecule has 1 aliphatic carbocycles. The summed E-state index contributed by atoms with van der Waals surface area (Å²) in [6.07, 6.45) is 3.16. The van der Waals surface area contributed by atoms with E-state index in [9.17, 15) is 4.79 Å². The third kappa shape index (κ3) is 10.5. The molecule has 0 radical (unpaired) electrons. The van der Waals surface area contributed by atoms with Gasteiger partial charge in [-0.3, -0.25) is 4.79 Å². The standard InChI is InChI=1S/C7H12O2.CH2O3.K/c8-7(9)6-4-2-1-3-5-6;2-1(3)4;/h6H,1-5H2,(H,8,9);(H2,2,3,4);/q;;+1/p-1. The summed E-state index contributed by atoms with van der Waals surface area (Å²) in [5.41, 5.74) is 0. The van der Waals surface area contributed by atoms with Crippen LogP contribution in [0.15, 0.2) is 0 Å². The Morgan fingerprint density at radius 3 is 1.64 bits per heavy atom. The fourth-order valence-electron chi connectivity index (χ4n) is 1.35. The predicted molar refractivity (Wildman–Crippen MR) is 42.2 cm³/mol. The summed E-state index contributed by atoms with van der Waals surface area (Å²) in [7, 11) is 0. The third-order valence-electron chi connectivity index (χ3n) is 1.95. The van der Waals surface area contributed by atoms with E-state index in [1.165, 1.54) is 6.42 Å². The second-order valence-corrected chi connectivity index (χ2v) is 2.94. The van der Waals surface area contributed by atoms with Gasteiger partial charge in [-0.2, -0.15) is 0 Å². The minimum atomic E-state index is -2.08. The molecule has 0 aromatic heterocycles. The van der Waals surface area contributed by atoms with Crippen molar-refractivity contribution in [1.82, 2.24) is 0 Å². The smallest absolute Gasteiger partial charge is 0.565 e. The summed E-state index contributed by atoms with van der Waals surface area (Å²) < 4.78 is 0. The molecule has 0 aromatic rings. The summed E-state index contributed by atoms with van der Waals surface area (Å²) in [5, 5.41) is 23.8. The van der Waals surface area contributed by atoms with Crippen LogP contribution < -0.4 is 56.5 Å². The summed E-state index contributed by atoms with van der Waals surface area (Å²) in [6.45, 7) is 0. The van der Waals surface area contributed by atoms with Gasteiger partial charge >= 0.3 is 57.4 Å². The molecule has 0 spiro atoms. The Labute approximate surface area is 125 Å². The fourth-order valence-corrected chi connectivity index (χ4v) is 1.35. The van der Waals surface area contributed by atoms with E-state index in [1.54, 1.807) is 0 Å². The Morgan fingerprint density at radius 2 is 1.43 bits per heavy atom. The maximum absolute atomic E-state index is 10.4. The second-order valence-electron chi connectivity index (χ2n) is 2.94. The van der Waals surface area contributed by atoms with Crippen LogP contribution in [-0.2, 0) is 4.79 Å². The second kappa shape index (κ2) is 9.91. The molecule has 0 aliphatic heterocycles. The van der Waals surface area contributed by atoms with E-state index in [2.05, 4.69) is 0 Å². The maximum Gasteiger partial charge on any atom is 1.00 e. The van der Waals surface area contributed by atoms with Crippen molar-refractivity contribution >= 4 is 12.1 Å². The van der Waals surface area contributed by atoms with E-state index in [0.29, 0.717) is 0 Å². The zero-order valence-corrected chi connectivity index (χ0v) is 11.4. The van der Waals surface area contributed by atoms with E-state index in [0.717, 1.165) is 25.7 Å². The SMILES string of the molecule is O=C(O)C1CCCCC1.O=C([O-])O.[K+]. The molecule has 6 heteroatoms. The summed E-state index contributed by atoms with van der Waals surface area (Å²) in [6, 6.07) is 0. The fraction of sp³-hybridized carbons (Fsp3) is 0.750. The van der Waals surface area contributed by atoms with E-state index in [-0.39, 0.29) is 57.3 Å². The van der Waals surface area contributed by atoms with E-state index in [1.807, 2.05) is 0 Å². The van der Waals surface area contributed by atoms with Crippen molar-refractivity contribution in [2.75, 3.05) is 0 Å². The average Bonchev–Trinajstić information content (AvgIpc) is 2.05. The number of carboxylic acid groups (broad SMARTS) is 3. The molecule has 2 N–H and O–H groups in total. The number of hydrogen-bond acceptors (Lipinski definition) is 3. The monoisotopic (exact) mass is 228 g/mol. The summed E-state index contributed by atoms with van der Waals surface area (Å²) in [4.78, 5) is 18.8. The van der Waals surface area contributed by atoms with Crippen LogP contribution in [0.25, 0.3) is 0 Å². The Balaban J connectivity index is 0. The van der Waals surface area contributed by atoms with Crippen LogP contribution in [0.4, 0.5) is 4.79 Å². The van der Waals surface area contributed by atoms with Gasteiger partial charge in [0.25, 0.3) is 0 Å². The molecule has 0 bridgehead atoms. The van der Waals surface area contributed by atoms with E-state index in [4.69, 9.17) is 20.1 Å². The molecule has 0 unspecified atom stereocenters. The number of hydrogen-bond donors (Lipinski definition) is 2. The van der Waals surface area contributed by atoms with Crippen LogP contribution in [-0.4, -0.2) is 22.3 Å². The molecule has 76 valence electrons. The Morgan fingerprint density at radius 1 is 1.07 bits per heavy atom.